The van der Waals surface area contributed by atoms with Crippen LogP contribution in [0.5, 0.6) is 0 Å². The van der Waals surface area contributed by atoms with Crippen LogP contribution in [0.1, 0.15) is 51.8 Å². The van der Waals surface area contributed by atoms with Crippen LogP contribution in [0.4, 0.5) is 8.78 Å². The first-order valence-electron chi connectivity index (χ1n) is 7.52. The summed E-state index contributed by atoms with van der Waals surface area (Å²) in [5.74, 6) is -1.74. The standard InChI is InChI=1S/C16H22F2N2O/c1-4-6-12(5-2)20-15(19-10(3)16(20)21)11-7-8-13(17)14(18)9-11/h7-10,12,15,19H,4-6H2,1-3H3. The summed E-state index contributed by atoms with van der Waals surface area (Å²) in [6.45, 7) is 5.92. The molecule has 1 aromatic rings. The highest BCUT2D eigenvalue weighted by atomic mass is 19.2. The Labute approximate surface area is 124 Å². The van der Waals surface area contributed by atoms with Gasteiger partial charge in [0.05, 0.1) is 6.04 Å². The van der Waals surface area contributed by atoms with Crippen molar-refractivity contribution in [3.05, 3.63) is 35.4 Å². The van der Waals surface area contributed by atoms with Gasteiger partial charge in [-0.1, -0.05) is 26.3 Å². The van der Waals surface area contributed by atoms with Gasteiger partial charge in [-0.2, -0.15) is 0 Å². The smallest absolute Gasteiger partial charge is 0.241 e. The third-order valence-corrected chi connectivity index (χ3v) is 4.06. The molecule has 2 rings (SSSR count). The number of carbonyl (C=O) groups excluding carboxylic acids is 1. The Balaban J connectivity index is 2.34. The minimum absolute atomic E-state index is 0.0185. The summed E-state index contributed by atoms with van der Waals surface area (Å²) >= 11 is 0. The van der Waals surface area contributed by atoms with E-state index in [1.165, 1.54) is 12.1 Å². The largest absolute Gasteiger partial charge is 0.319 e. The lowest BCUT2D eigenvalue weighted by molar-refractivity contribution is -0.132. The monoisotopic (exact) mass is 296 g/mol. The number of hydrogen-bond donors (Lipinski definition) is 1. The Bertz CT molecular complexity index is 521. The van der Waals surface area contributed by atoms with Crippen molar-refractivity contribution in [1.29, 1.82) is 0 Å². The quantitative estimate of drug-likeness (QED) is 0.903. The topological polar surface area (TPSA) is 32.3 Å². The minimum atomic E-state index is -0.884. The number of hydrogen-bond acceptors (Lipinski definition) is 2. The van der Waals surface area contributed by atoms with Crippen LogP contribution in [0.2, 0.25) is 0 Å². The van der Waals surface area contributed by atoms with E-state index in [-0.39, 0.29) is 24.2 Å². The fourth-order valence-corrected chi connectivity index (χ4v) is 2.94. The van der Waals surface area contributed by atoms with Crippen molar-refractivity contribution in [3.8, 4) is 0 Å². The summed E-state index contributed by atoms with van der Waals surface area (Å²) in [5, 5.41) is 3.18. The first-order valence-corrected chi connectivity index (χ1v) is 7.52. The van der Waals surface area contributed by atoms with Gasteiger partial charge in [0.2, 0.25) is 5.91 Å². The van der Waals surface area contributed by atoms with E-state index in [1.807, 2.05) is 6.92 Å². The molecule has 0 saturated carbocycles. The second-order valence-electron chi connectivity index (χ2n) is 5.56. The van der Waals surface area contributed by atoms with Gasteiger partial charge in [0.15, 0.2) is 11.6 Å². The van der Waals surface area contributed by atoms with Crippen LogP contribution >= 0.6 is 0 Å². The van der Waals surface area contributed by atoms with Crippen molar-refractivity contribution in [3.63, 3.8) is 0 Å². The summed E-state index contributed by atoms with van der Waals surface area (Å²) in [4.78, 5) is 14.2. The third kappa shape index (κ3) is 3.07. The van der Waals surface area contributed by atoms with E-state index < -0.39 is 11.6 Å². The predicted molar refractivity (Wildman–Crippen MR) is 77.5 cm³/mol. The number of nitrogens with zero attached hydrogens (tertiary/aromatic N) is 1. The number of halogens is 2. The maximum Gasteiger partial charge on any atom is 0.241 e. The van der Waals surface area contributed by atoms with Crippen LogP contribution in [0.25, 0.3) is 0 Å². The minimum Gasteiger partial charge on any atom is -0.319 e. The SMILES string of the molecule is CCCC(CC)N1C(=O)C(C)NC1c1ccc(F)c(F)c1. The molecular formula is C16H22F2N2O. The summed E-state index contributed by atoms with van der Waals surface area (Å²) < 4.78 is 26.6. The first-order chi connectivity index (χ1) is 9.99. The van der Waals surface area contributed by atoms with E-state index in [0.29, 0.717) is 5.56 Å². The van der Waals surface area contributed by atoms with Crippen LogP contribution in [-0.4, -0.2) is 22.9 Å². The first kappa shape index (κ1) is 15.9. The van der Waals surface area contributed by atoms with Crippen LogP contribution in [-0.2, 0) is 4.79 Å². The average Bonchev–Trinajstić information content (AvgIpc) is 2.75. The average molecular weight is 296 g/mol. The molecule has 0 radical (unpaired) electrons. The number of amides is 1. The molecular weight excluding hydrogens is 274 g/mol. The maximum absolute atomic E-state index is 13.5. The van der Waals surface area contributed by atoms with Crippen molar-refractivity contribution in [2.75, 3.05) is 0 Å². The summed E-state index contributed by atoms with van der Waals surface area (Å²) in [5.41, 5.74) is 0.584. The normalized spacial score (nSPS) is 23.7. The van der Waals surface area contributed by atoms with Crippen LogP contribution in [0.15, 0.2) is 18.2 Å². The lowest BCUT2D eigenvalue weighted by Crippen LogP contribution is -2.39. The van der Waals surface area contributed by atoms with Crippen molar-refractivity contribution in [1.82, 2.24) is 10.2 Å². The molecule has 1 N–H and O–H groups in total. The van der Waals surface area contributed by atoms with Gasteiger partial charge in [-0.05, 0) is 37.5 Å². The molecule has 1 saturated heterocycles. The van der Waals surface area contributed by atoms with Gasteiger partial charge in [0.1, 0.15) is 6.17 Å². The molecule has 1 fully saturated rings. The molecule has 0 aromatic heterocycles. The summed E-state index contributed by atoms with van der Waals surface area (Å²) in [7, 11) is 0. The van der Waals surface area contributed by atoms with Crippen molar-refractivity contribution >= 4 is 5.91 Å². The van der Waals surface area contributed by atoms with Crippen molar-refractivity contribution < 1.29 is 13.6 Å². The zero-order valence-electron chi connectivity index (χ0n) is 12.7. The van der Waals surface area contributed by atoms with E-state index in [0.717, 1.165) is 25.3 Å². The molecule has 1 aromatic carbocycles. The van der Waals surface area contributed by atoms with Gasteiger partial charge >= 0.3 is 0 Å². The molecule has 0 spiro atoms. The molecule has 116 valence electrons. The van der Waals surface area contributed by atoms with E-state index in [2.05, 4.69) is 12.2 Å². The number of carbonyl (C=O) groups is 1. The highest BCUT2D eigenvalue weighted by Crippen LogP contribution is 2.30. The van der Waals surface area contributed by atoms with Gasteiger partial charge in [0, 0.05) is 6.04 Å². The van der Waals surface area contributed by atoms with Gasteiger partial charge in [-0.3, -0.25) is 10.1 Å². The van der Waals surface area contributed by atoms with E-state index in [4.69, 9.17) is 0 Å². The molecule has 5 heteroatoms. The van der Waals surface area contributed by atoms with Crippen LogP contribution in [0.3, 0.4) is 0 Å². The second-order valence-corrected chi connectivity index (χ2v) is 5.56. The van der Waals surface area contributed by atoms with Gasteiger partial charge < -0.3 is 4.90 Å². The fourth-order valence-electron chi connectivity index (χ4n) is 2.94. The molecule has 0 aliphatic carbocycles. The molecule has 1 aliphatic heterocycles. The molecule has 21 heavy (non-hydrogen) atoms. The third-order valence-electron chi connectivity index (χ3n) is 4.06. The van der Waals surface area contributed by atoms with E-state index in [1.54, 1.807) is 11.8 Å². The molecule has 3 nitrogen and oxygen atoms in total. The van der Waals surface area contributed by atoms with Crippen LogP contribution < -0.4 is 5.32 Å². The zero-order chi connectivity index (χ0) is 15.6. The summed E-state index contributed by atoms with van der Waals surface area (Å²) in [6.07, 6.45) is 2.32. The van der Waals surface area contributed by atoms with Crippen LogP contribution in [0, 0.1) is 11.6 Å². The zero-order valence-corrected chi connectivity index (χ0v) is 12.7. The molecule has 3 unspecified atom stereocenters. The molecule has 3 atom stereocenters. The van der Waals surface area contributed by atoms with E-state index >= 15 is 0 Å². The van der Waals surface area contributed by atoms with Crippen molar-refractivity contribution in [2.45, 2.75) is 58.3 Å². The van der Waals surface area contributed by atoms with Gasteiger partial charge in [0.25, 0.3) is 0 Å². The lowest BCUT2D eigenvalue weighted by Gasteiger charge is -2.32. The maximum atomic E-state index is 13.5. The number of nitrogens with one attached hydrogen (secondary N) is 1. The Morgan fingerprint density at radius 3 is 2.57 bits per heavy atom. The fraction of sp³-hybridized carbons (Fsp3) is 0.562. The highest BCUT2D eigenvalue weighted by molar-refractivity contribution is 5.84. The van der Waals surface area contributed by atoms with Gasteiger partial charge in [-0.15, -0.1) is 0 Å². The van der Waals surface area contributed by atoms with Gasteiger partial charge in [-0.25, -0.2) is 8.78 Å². The second kappa shape index (κ2) is 6.52. The Morgan fingerprint density at radius 2 is 2.00 bits per heavy atom. The predicted octanol–water partition coefficient (Wildman–Crippen LogP) is 3.36. The molecule has 0 bridgehead atoms. The number of rotatable bonds is 5. The molecule has 1 aliphatic rings. The lowest BCUT2D eigenvalue weighted by atomic mass is 10.0. The van der Waals surface area contributed by atoms with E-state index in [9.17, 15) is 13.6 Å². The molecule has 1 amide bonds. The Hall–Kier alpha value is -1.49. The Morgan fingerprint density at radius 1 is 1.29 bits per heavy atom. The number of benzene rings is 1. The molecule has 1 heterocycles. The highest BCUT2D eigenvalue weighted by Gasteiger charge is 2.40. The Kier molecular flexibility index (Phi) is 4.93. The summed E-state index contributed by atoms with van der Waals surface area (Å²) in [6, 6.07) is 3.61. The van der Waals surface area contributed by atoms with Crippen molar-refractivity contribution in [2.24, 2.45) is 0 Å².